The number of hydrogen-bond acceptors (Lipinski definition) is 2. The molecule has 0 bridgehead atoms. The van der Waals surface area contributed by atoms with Crippen LogP contribution in [-0.2, 0) is 10.8 Å². The van der Waals surface area contributed by atoms with E-state index >= 15 is 0 Å². The third-order valence-corrected chi connectivity index (χ3v) is 2.67. The molecule has 0 N–H and O–H groups in total. The molecule has 1 atom stereocenters. The second kappa shape index (κ2) is 3.92. The molecule has 4 heteroatoms. The molecule has 2 nitrogen and oxygen atoms in total. The van der Waals surface area contributed by atoms with Crippen LogP contribution in [0.5, 0.6) is 5.75 Å². The minimum Gasteiger partial charge on any atom is -0.495 e. The Morgan fingerprint density at radius 2 is 2.17 bits per heavy atom. The van der Waals surface area contributed by atoms with Crippen LogP contribution in [0.15, 0.2) is 23.1 Å². The van der Waals surface area contributed by atoms with E-state index in [-0.39, 0.29) is 0 Å². The summed E-state index contributed by atoms with van der Waals surface area (Å²) in [6.45, 7) is 0. The van der Waals surface area contributed by atoms with Crippen molar-refractivity contribution in [1.29, 1.82) is 0 Å². The smallest absolute Gasteiger partial charge is 0.137 e. The quantitative estimate of drug-likeness (QED) is 0.738. The van der Waals surface area contributed by atoms with Crippen molar-refractivity contribution in [3.63, 3.8) is 0 Å². The van der Waals surface area contributed by atoms with E-state index in [0.29, 0.717) is 15.7 Å². The van der Waals surface area contributed by atoms with E-state index < -0.39 is 10.8 Å². The summed E-state index contributed by atoms with van der Waals surface area (Å²) in [7, 11) is 0.556. The van der Waals surface area contributed by atoms with Crippen molar-refractivity contribution in [3.05, 3.63) is 23.2 Å². The van der Waals surface area contributed by atoms with Gasteiger partial charge in [0, 0.05) is 22.0 Å². The van der Waals surface area contributed by atoms with E-state index in [2.05, 4.69) is 0 Å². The fraction of sp³-hybridized carbons (Fsp3) is 0.250. The predicted molar refractivity (Wildman–Crippen MR) is 50.3 cm³/mol. The summed E-state index contributed by atoms with van der Waals surface area (Å²) in [4.78, 5) is 0.709. The Labute approximate surface area is 79.0 Å². The summed E-state index contributed by atoms with van der Waals surface area (Å²) < 4.78 is 16.0. The van der Waals surface area contributed by atoms with Crippen LogP contribution in [0.2, 0.25) is 5.02 Å². The summed E-state index contributed by atoms with van der Waals surface area (Å²) in [5, 5.41) is 0.491. The highest BCUT2D eigenvalue weighted by Crippen LogP contribution is 2.25. The molecule has 1 aromatic carbocycles. The lowest BCUT2D eigenvalue weighted by molar-refractivity contribution is 0.414. The monoisotopic (exact) mass is 204 g/mol. The van der Waals surface area contributed by atoms with Crippen molar-refractivity contribution in [2.24, 2.45) is 0 Å². The lowest BCUT2D eigenvalue weighted by Gasteiger charge is -2.03. The van der Waals surface area contributed by atoms with Crippen LogP contribution in [0.25, 0.3) is 0 Å². The van der Waals surface area contributed by atoms with Crippen molar-refractivity contribution in [1.82, 2.24) is 0 Å². The molecule has 1 rings (SSSR count). The van der Waals surface area contributed by atoms with E-state index in [0.717, 1.165) is 0 Å². The molecule has 0 aliphatic heterocycles. The van der Waals surface area contributed by atoms with Gasteiger partial charge in [-0.1, -0.05) is 11.6 Å². The first-order valence-electron chi connectivity index (χ1n) is 3.32. The second-order valence-corrected chi connectivity index (χ2v) is 4.04. The standard InChI is InChI=1S/C8H9ClO2S/c1-11-8-4-3-6(12(2)10)5-7(8)9/h3-5H,1-2H3. The minimum absolute atomic E-state index is 0.491. The molecule has 0 saturated carbocycles. The maximum absolute atomic E-state index is 11.0. The average molecular weight is 205 g/mol. The Hall–Kier alpha value is -0.540. The first-order chi connectivity index (χ1) is 5.65. The van der Waals surface area contributed by atoms with Crippen molar-refractivity contribution >= 4 is 22.4 Å². The van der Waals surface area contributed by atoms with Gasteiger partial charge in [-0.05, 0) is 18.2 Å². The highest BCUT2D eigenvalue weighted by atomic mass is 35.5. The number of benzene rings is 1. The lowest BCUT2D eigenvalue weighted by Crippen LogP contribution is -1.89. The molecule has 0 heterocycles. The van der Waals surface area contributed by atoms with Crippen LogP contribution < -0.4 is 4.74 Å². The summed E-state index contributed by atoms with van der Waals surface area (Å²) >= 11 is 5.81. The van der Waals surface area contributed by atoms with Crippen LogP contribution in [0.4, 0.5) is 0 Å². The van der Waals surface area contributed by atoms with Crippen LogP contribution >= 0.6 is 11.6 Å². The molecule has 1 unspecified atom stereocenters. The molecule has 0 saturated heterocycles. The van der Waals surface area contributed by atoms with Gasteiger partial charge in [0.25, 0.3) is 0 Å². The first kappa shape index (κ1) is 9.55. The molecule has 0 spiro atoms. The van der Waals surface area contributed by atoms with E-state index in [1.54, 1.807) is 31.6 Å². The van der Waals surface area contributed by atoms with Gasteiger partial charge < -0.3 is 4.74 Å². The Bertz CT molecular complexity index is 312. The van der Waals surface area contributed by atoms with E-state index in [9.17, 15) is 4.21 Å². The van der Waals surface area contributed by atoms with Gasteiger partial charge in [0.05, 0.1) is 12.1 Å². The highest BCUT2D eigenvalue weighted by molar-refractivity contribution is 7.84. The van der Waals surface area contributed by atoms with Crippen molar-refractivity contribution < 1.29 is 8.95 Å². The van der Waals surface area contributed by atoms with Crippen molar-refractivity contribution in [2.45, 2.75) is 4.90 Å². The maximum Gasteiger partial charge on any atom is 0.137 e. The molecule has 0 amide bonds. The second-order valence-electron chi connectivity index (χ2n) is 2.25. The minimum atomic E-state index is -0.989. The Balaban J connectivity index is 3.10. The summed E-state index contributed by atoms with van der Waals surface area (Å²) in [6, 6.07) is 5.09. The SMILES string of the molecule is COc1ccc(S(C)=O)cc1Cl. The van der Waals surface area contributed by atoms with Crippen molar-refractivity contribution in [3.8, 4) is 5.75 Å². The van der Waals surface area contributed by atoms with Crippen molar-refractivity contribution in [2.75, 3.05) is 13.4 Å². The van der Waals surface area contributed by atoms with E-state index in [1.807, 2.05) is 0 Å². The Morgan fingerprint density at radius 3 is 2.58 bits per heavy atom. The topological polar surface area (TPSA) is 26.3 Å². The largest absolute Gasteiger partial charge is 0.495 e. The molecular formula is C8H9ClO2S. The third-order valence-electron chi connectivity index (χ3n) is 1.46. The fourth-order valence-corrected chi connectivity index (χ4v) is 1.69. The molecule has 12 heavy (non-hydrogen) atoms. The van der Waals surface area contributed by atoms with Gasteiger partial charge in [-0.15, -0.1) is 0 Å². The van der Waals surface area contributed by atoms with Gasteiger partial charge in [-0.25, -0.2) is 0 Å². The van der Waals surface area contributed by atoms with E-state index in [4.69, 9.17) is 16.3 Å². The van der Waals surface area contributed by atoms with Crippen LogP contribution in [0.1, 0.15) is 0 Å². The number of halogens is 1. The number of ether oxygens (including phenoxy) is 1. The first-order valence-corrected chi connectivity index (χ1v) is 5.25. The van der Waals surface area contributed by atoms with Gasteiger partial charge >= 0.3 is 0 Å². The summed E-state index contributed by atoms with van der Waals surface area (Å²) in [5.74, 6) is 0.603. The molecule has 1 aromatic rings. The van der Waals surface area contributed by atoms with Crippen LogP contribution in [0, 0.1) is 0 Å². The molecular weight excluding hydrogens is 196 g/mol. The molecule has 66 valence electrons. The van der Waals surface area contributed by atoms with E-state index in [1.165, 1.54) is 0 Å². The molecule has 0 radical (unpaired) electrons. The van der Waals surface area contributed by atoms with Gasteiger partial charge in [0.1, 0.15) is 5.75 Å². The third kappa shape index (κ3) is 1.99. The Morgan fingerprint density at radius 1 is 1.50 bits per heavy atom. The number of rotatable bonds is 2. The lowest BCUT2D eigenvalue weighted by atomic mass is 10.3. The predicted octanol–water partition coefficient (Wildman–Crippen LogP) is 2.09. The van der Waals surface area contributed by atoms with Gasteiger partial charge in [-0.2, -0.15) is 0 Å². The van der Waals surface area contributed by atoms with Crippen LogP contribution in [-0.4, -0.2) is 17.6 Å². The zero-order chi connectivity index (χ0) is 9.14. The average Bonchev–Trinajstić information content (AvgIpc) is 2.04. The van der Waals surface area contributed by atoms with Gasteiger partial charge in [0.2, 0.25) is 0 Å². The van der Waals surface area contributed by atoms with Gasteiger partial charge in [-0.3, -0.25) is 4.21 Å². The van der Waals surface area contributed by atoms with Crippen LogP contribution in [0.3, 0.4) is 0 Å². The Kier molecular flexibility index (Phi) is 3.12. The summed E-state index contributed by atoms with van der Waals surface area (Å²) in [5.41, 5.74) is 0. The molecule has 0 aliphatic rings. The number of methoxy groups -OCH3 is 1. The zero-order valence-electron chi connectivity index (χ0n) is 6.83. The molecule has 0 aromatic heterocycles. The maximum atomic E-state index is 11.0. The fourth-order valence-electron chi connectivity index (χ4n) is 0.826. The number of hydrogen-bond donors (Lipinski definition) is 0. The normalized spacial score (nSPS) is 12.6. The molecule has 0 aliphatic carbocycles. The summed E-state index contributed by atoms with van der Waals surface area (Å²) in [6.07, 6.45) is 1.61. The zero-order valence-corrected chi connectivity index (χ0v) is 8.41. The van der Waals surface area contributed by atoms with Gasteiger partial charge in [0.15, 0.2) is 0 Å². The highest BCUT2D eigenvalue weighted by Gasteiger charge is 2.03. The molecule has 0 fully saturated rings.